The van der Waals surface area contributed by atoms with Crippen LogP contribution < -0.4 is 19.4 Å². The first-order valence-corrected chi connectivity index (χ1v) is 10.1. The van der Waals surface area contributed by atoms with E-state index in [9.17, 15) is 9.59 Å². The maximum absolute atomic E-state index is 12.7. The molecule has 0 saturated carbocycles. The lowest BCUT2D eigenvalue weighted by atomic mass is 10.2. The Morgan fingerprint density at radius 2 is 1.94 bits per heavy atom. The molecule has 0 bridgehead atoms. The molecule has 0 spiro atoms. The lowest BCUT2D eigenvalue weighted by Crippen LogP contribution is -2.61. The number of methoxy groups -OCH3 is 2. The molecule has 2 aliphatic heterocycles. The van der Waals surface area contributed by atoms with Crippen LogP contribution in [0.2, 0.25) is 0 Å². The molecule has 1 saturated heterocycles. The number of benzene rings is 1. The Bertz CT molecular complexity index is 1080. The van der Waals surface area contributed by atoms with Crippen molar-refractivity contribution >= 4 is 29.4 Å². The van der Waals surface area contributed by atoms with E-state index in [2.05, 4.69) is 14.9 Å². The highest BCUT2D eigenvalue weighted by Crippen LogP contribution is 2.30. The number of amidine groups is 1. The van der Waals surface area contributed by atoms with Gasteiger partial charge in [-0.05, 0) is 25.5 Å². The summed E-state index contributed by atoms with van der Waals surface area (Å²) in [4.78, 5) is 32.2. The SMILES string of the molecule is COc1ccc(NCCCn2c(C)c[n+]3c2N=C2C3C(=O)N(C)C(=O)N2C)c(OC)c1. The predicted molar refractivity (Wildman–Crippen MR) is 114 cm³/mol. The predicted octanol–water partition coefficient (Wildman–Crippen LogP) is 1.71. The van der Waals surface area contributed by atoms with Crippen molar-refractivity contribution in [1.29, 1.82) is 0 Å². The highest BCUT2D eigenvalue weighted by molar-refractivity contribution is 6.18. The quantitative estimate of drug-likeness (QED) is 0.537. The van der Waals surface area contributed by atoms with Crippen molar-refractivity contribution < 1.29 is 23.6 Å². The molecule has 2 aromatic rings. The molecule has 0 radical (unpaired) electrons. The monoisotopic (exact) mass is 427 g/mol. The zero-order valence-corrected chi connectivity index (χ0v) is 18.4. The topological polar surface area (TPSA) is 92.3 Å². The molecule has 1 aromatic carbocycles. The molecule has 3 heterocycles. The van der Waals surface area contributed by atoms with Gasteiger partial charge in [0.05, 0.1) is 26.5 Å². The number of nitrogens with one attached hydrogen (secondary N) is 1. The average Bonchev–Trinajstić information content (AvgIpc) is 3.28. The van der Waals surface area contributed by atoms with Gasteiger partial charge in [0.1, 0.15) is 23.4 Å². The van der Waals surface area contributed by atoms with Gasteiger partial charge in [-0.25, -0.2) is 13.9 Å². The number of carbonyl (C=O) groups is 2. The van der Waals surface area contributed by atoms with Crippen molar-refractivity contribution in [2.75, 3.05) is 40.2 Å². The second kappa shape index (κ2) is 7.93. The van der Waals surface area contributed by atoms with E-state index in [1.165, 1.54) is 11.9 Å². The number of carbonyl (C=O) groups excluding carboxylic acids is 2. The molecule has 10 heteroatoms. The second-order valence-corrected chi connectivity index (χ2v) is 7.59. The molecular weight excluding hydrogens is 400 g/mol. The molecule has 1 atom stereocenters. The lowest BCUT2D eigenvalue weighted by Gasteiger charge is -2.30. The molecule has 4 rings (SSSR count). The van der Waals surface area contributed by atoms with E-state index in [-0.39, 0.29) is 11.9 Å². The molecule has 10 nitrogen and oxygen atoms in total. The van der Waals surface area contributed by atoms with Crippen molar-refractivity contribution in [1.82, 2.24) is 14.4 Å². The summed E-state index contributed by atoms with van der Waals surface area (Å²) in [5.74, 6) is 2.35. The van der Waals surface area contributed by atoms with Crippen LogP contribution in [-0.2, 0) is 11.3 Å². The standard InChI is InChI=1S/C21H27N6O4/c1-13-12-27-17-18(24(2)21(29)25(3)19(17)28)23-20(27)26(13)10-6-9-22-15-8-7-14(30-4)11-16(15)31-5/h7-8,11-12,17,22H,6,9-10H2,1-5H3/q+1. The van der Waals surface area contributed by atoms with Gasteiger partial charge < -0.3 is 14.8 Å². The number of aryl methyl sites for hydroxylation is 1. The number of amides is 3. The number of nitrogens with zero attached hydrogens (tertiary/aromatic N) is 5. The molecule has 3 amide bonds. The zero-order chi connectivity index (χ0) is 22.3. The van der Waals surface area contributed by atoms with Crippen molar-refractivity contribution in [3.8, 4) is 11.5 Å². The largest absolute Gasteiger partial charge is 0.497 e. The summed E-state index contributed by atoms with van der Waals surface area (Å²) in [5, 5.41) is 3.39. The molecule has 0 aliphatic carbocycles. The first-order valence-electron chi connectivity index (χ1n) is 10.1. The van der Waals surface area contributed by atoms with Crippen molar-refractivity contribution in [2.45, 2.75) is 25.9 Å². The third-order valence-electron chi connectivity index (χ3n) is 5.73. The fourth-order valence-corrected chi connectivity index (χ4v) is 3.99. The van der Waals surface area contributed by atoms with Gasteiger partial charge in [0, 0.05) is 26.7 Å². The Hall–Kier alpha value is -3.56. The van der Waals surface area contributed by atoms with Gasteiger partial charge in [-0.1, -0.05) is 4.99 Å². The Kier molecular flexibility index (Phi) is 5.30. The normalized spacial score (nSPS) is 17.5. The summed E-state index contributed by atoms with van der Waals surface area (Å²) >= 11 is 0. The van der Waals surface area contributed by atoms with Crippen molar-refractivity contribution in [2.24, 2.45) is 4.99 Å². The van der Waals surface area contributed by atoms with Crippen LogP contribution in [0, 0.1) is 6.92 Å². The van der Waals surface area contributed by atoms with Gasteiger partial charge in [0.2, 0.25) is 11.9 Å². The number of imidazole rings is 1. The summed E-state index contributed by atoms with van der Waals surface area (Å²) in [5.41, 5.74) is 1.90. The number of likely N-dealkylation sites (N-methyl/N-ethyl adjacent to an activating group) is 2. The summed E-state index contributed by atoms with van der Waals surface area (Å²) in [6.07, 6.45) is 2.75. The Morgan fingerprint density at radius 1 is 1.16 bits per heavy atom. The fraction of sp³-hybridized carbons (Fsp3) is 0.429. The minimum Gasteiger partial charge on any atom is -0.497 e. The number of hydrogen-bond acceptors (Lipinski definition) is 6. The minimum atomic E-state index is -0.593. The minimum absolute atomic E-state index is 0.268. The van der Waals surface area contributed by atoms with Gasteiger partial charge in [-0.2, -0.15) is 0 Å². The number of aromatic nitrogens is 2. The molecule has 1 aromatic heterocycles. The third kappa shape index (κ3) is 3.37. The first-order chi connectivity index (χ1) is 14.9. The highest BCUT2D eigenvalue weighted by atomic mass is 16.5. The average molecular weight is 427 g/mol. The van der Waals surface area contributed by atoms with Gasteiger partial charge in [-0.3, -0.25) is 14.6 Å². The summed E-state index contributed by atoms with van der Waals surface area (Å²) in [7, 11) is 6.39. The first kappa shape index (κ1) is 20.7. The van der Waals surface area contributed by atoms with Gasteiger partial charge >= 0.3 is 12.0 Å². The maximum atomic E-state index is 12.7. The number of aliphatic imine (C=N–C) groups is 1. The van der Waals surface area contributed by atoms with Gasteiger partial charge in [0.25, 0.3) is 5.91 Å². The number of urea groups is 1. The number of imide groups is 1. The Labute approximate surface area is 180 Å². The number of fused-ring (bicyclic) bond motifs is 3. The highest BCUT2D eigenvalue weighted by Gasteiger charge is 2.52. The molecule has 1 N–H and O–H groups in total. The maximum Gasteiger partial charge on any atom is 0.401 e. The smallest absolute Gasteiger partial charge is 0.401 e. The summed E-state index contributed by atoms with van der Waals surface area (Å²) in [6.45, 7) is 3.43. The van der Waals surface area contributed by atoms with Gasteiger partial charge in [0.15, 0.2) is 0 Å². The molecule has 1 fully saturated rings. The fourth-order valence-electron chi connectivity index (χ4n) is 3.99. The van der Waals surface area contributed by atoms with Crippen LogP contribution in [0.15, 0.2) is 29.4 Å². The van der Waals surface area contributed by atoms with Crippen molar-refractivity contribution in [3.05, 3.63) is 30.1 Å². The van der Waals surface area contributed by atoms with Crippen LogP contribution in [0.5, 0.6) is 11.5 Å². The summed E-state index contributed by atoms with van der Waals surface area (Å²) in [6, 6.07) is 4.69. The van der Waals surface area contributed by atoms with Crippen LogP contribution in [0.1, 0.15) is 18.2 Å². The Morgan fingerprint density at radius 3 is 2.65 bits per heavy atom. The number of anilines is 1. The lowest BCUT2D eigenvalue weighted by molar-refractivity contribution is -0.677. The molecule has 31 heavy (non-hydrogen) atoms. The van der Waals surface area contributed by atoms with Crippen LogP contribution in [-0.4, -0.2) is 67.0 Å². The van der Waals surface area contributed by atoms with E-state index >= 15 is 0 Å². The number of ether oxygens (including phenoxy) is 2. The van der Waals surface area contributed by atoms with E-state index in [0.717, 1.165) is 40.7 Å². The van der Waals surface area contributed by atoms with Crippen LogP contribution in [0.25, 0.3) is 0 Å². The number of rotatable bonds is 7. The van der Waals surface area contributed by atoms with E-state index in [1.807, 2.05) is 35.9 Å². The van der Waals surface area contributed by atoms with Crippen molar-refractivity contribution in [3.63, 3.8) is 0 Å². The molecule has 164 valence electrons. The molecular formula is C21H27N6O4+. The third-order valence-corrected chi connectivity index (χ3v) is 5.73. The molecule has 2 aliphatic rings. The zero-order valence-electron chi connectivity index (χ0n) is 18.4. The van der Waals surface area contributed by atoms with E-state index in [1.54, 1.807) is 21.3 Å². The van der Waals surface area contributed by atoms with Gasteiger partial charge in [-0.15, -0.1) is 0 Å². The van der Waals surface area contributed by atoms with E-state index in [0.29, 0.717) is 18.3 Å². The Balaban J connectivity index is 1.47. The van der Waals surface area contributed by atoms with Crippen LogP contribution >= 0.6 is 0 Å². The second-order valence-electron chi connectivity index (χ2n) is 7.59. The molecule has 1 unspecified atom stereocenters. The van der Waals surface area contributed by atoms with Crippen LogP contribution in [0.3, 0.4) is 0 Å². The number of hydrogen-bond donors (Lipinski definition) is 1. The van der Waals surface area contributed by atoms with Crippen LogP contribution in [0.4, 0.5) is 16.4 Å². The summed E-state index contributed by atoms with van der Waals surface area (Å²) < 4.78 is 14.6. The van der Waals surface area contributed by atoms with E-state index in [4.69, 9.17) is 9.47 Å². The van der Waals surface area contributed by atoms with E-state index < -0.39 is 6.04 Å².